The van der Waals surface area contributed by atoms with E-state index < -0.39 is 24.0 Å². The molecule has 0 aliphatic carbocycles. The van der Waals surface area contributed by atoms with Crippen molar-refractivity contribution >= 4 is 22.7 Å². The van der Waals surface area contributed by atoms with E-state index in [1.807, 2.05) is 49.4 Å². The van der Waals surface area contributed by atoms with Crippen molar-refractivity contribution in [1.29, 1.82) is 0 Å². The molecule has 0 aromatic heterocycles. The molecule has 128 valence electrons. The van der Waals surface area contributed by atoms with E-state index in [1.54, 1.807) is 0 Å². The highest BCUT2D eigenvalue weighted by Gasteiger charge is 2.23. The van der Waals surface area contributed by atoms with Gasteiger partial charge in [-0.3, -0.25) is 0 Å². The second-order valence-electron chi connectivity index (χ2n) is 5.98. The first-order valence-electron chi connectivity index (χ1n) is 8.25. The molecule has 5 heteroatoms. The van der Waals surface area contributed by atoms with Gasteiger partial charge in [-0.2, -0.15) is 0 Å². The average Bonchev–Trinajstić information content (AvgIpc) is 2.59. The molecule has 2 aromatic rings. The van der Waals surface area contributed by atoms with Crippen LogP contribution in [0.25, 0.3) is 10.8 Å². The number of carbonyl (C=O) groups is 2. The number of ether oxygens (including phenoxy) is 1. The van der Waals surface area contributed by atoms with Gasteiger partial charge in [0.15, 0.2) is 0 Å². The van der Waals surface area contributed by atoms with Gasteiger partial charge in [0, 0.05) is 0 Å². The molecule has 0 saturated carbocycles. The quantitative estimate of drug-likeness (QED) is 0.600. The lowest BCUT2D eigenvalue weighted by Crippen LogP contribution is -2.40. The van der Waals surface area contributed by atoms with Crippen LogP contribution in [0.3, 0.4) is 0 Å². The smallest absolute Gasteiger partial charge is 0.330 e. The van der Waals surface area contributed by atoms with Crippen LogP contribution in [0.2, 0.25) is 0 Å². The Bertz CT molecular complexity index is 715. The standard InChI is InChI=1S/C19H24N2O3/c1-2-3-8-16(20)18(22)24-19(23)17(21)12-13-9-10-14-6-4-5-7-15(14)11-13/h4-7,9-11,16-17H,2-3,8,12,20-21H2,1H3/t16-,17-/m0/s1. The van der Waals surface area contributed by atoms with Gasteiger partial charge in [0.05, 0.1) is 0 Å². The zero-order valence-corrected chi connectivity index (χ0v) is 13.9. The number of nitrogens with two attached hydrogens (primary N) is 2. The Balaban J connectivity index is 1.93. The van der Waals surface area contributed by atoms with Gasteiger partial charge in [-0.1, -0.05) is 62.2 Å². The fraction of sp³-hybridized carbons (Fsp3) is 0.368. The Kier molecular flexibility index (Phi) is 6.46. The molecular weight excluding hydrogens is 304 g/mol. The molecule has 0 heterocycles. The number of benzene rings is 2. The van der Waals surface area contributed by atoms with Crippen LogP contribution in [-0.2, 0) is 20.7 Å². The van der Waals surface area contributed by atoms with E-state index in [0.29, 0.717) is 12.8 Å². The first-order valence-corrected chi connectivity index (χ1v) is 8.25. The van der Waals surface area contributed by atoms with Gasteiger partial charge < -0.3 is 16.2 Å². The van der Waals surface area contributed by atoms with E-state index in [2.05, 4.69) is 0 Å². The number of unbranched alkanes of at least 4 members (excludes halogenated alkanes) is 1. The van der Waals surface area contributed by atoms with Crippen molar-refractivity contribution in [3.63, 3.8) is 0 Å². The Labute approximate surface area is 142 Å². The zero-order valence-electron chi connectivity index (χ0n) is 13.9. The molecule has 24 heavy (non-hydrogen) atoms. The molecule has 0 spiro atoms. The number of hydrogen-bond donors (Lipinski definition) is 2. The lowest BCUT2D eigenvalue weighted by atomic mass is 10.0. The minimum Gasteiger partial charge on any atom is -0.391 e. The van der Waals surface area contributed by atoms with Crippen LogP contribution < -0.4 is 11.5 Å². The van der Waals surface area contributed by atoms with Crippen molar-refractivity contribution in [2.75, 3.05) is 0 Å². The van der Waals surface area contributed by atoms with Gasteiger partial charge in [0.25, 0.3) is 0 Å². The summed E-state index contributed by atoms with van der Waals surface area (Å²) in [5.41, 5.74) is 12.5. The van der Waals surface area contributed by atoms with Crippen molar-refractivity contribution in [3.8, 4) is 0 Å². The number of esters is 2. The van der Waals surface area contributed by atoms with Crippen LogP contribution in [0.1, 0.15) is 31.7 Å². The zero-order chi connectivity index (χ0) is 17.5. The van der Waals surface area contributed by atoms with Gasteiger partial charge >= 0.3 is 11.9 Å². The minimum absolute atomic E-state index is 0.307. The normalized spacial score (nSPS) is 13.5. The maximum Gasteiger partial charge on any atom is 0.330 e. The van der Waals surface area contributed by atoms with Gasteiger partial charge in [-0.05, 0) is 29.2 Å². The summed E-state index contributed by atoms with van der Waals surface area (Å²) in [6, 6.07) is 12.2. The molecule has 0 aliphatic heterocycles. The molecule has 0 amide bonds. The lowest BCUT2D eigenvalue weighted by molar-refractivity contribution is -0.161. The number of rotatable bonds is 7. The van der Waals surface area contributed by atoms with E-state index in [4.69, 9.17) is 16.2 Å². The Morgan fingerprint density at radius 1 is 1.00 bits per heavy atom. The van der Waals surface area contributed by atoms with Gasteiger partial charge in [-0.15, -0.1) is 0 Å². The molecule has 0 unspecified atom stereocenters. The highest BCUT2D eigenvalue weighted by Crippen LogP contribution is 2.16. The molecule has 2 aromatic carbocycles. The number of fused-ring (bicyclic) bond motifs is 1. The third-order valence-electron chi connectivity index (χ3n) is 3.94. The van der Waals surface area contributed by atoms with E-state index in [-0.39, 0.29) is 0 Å². The van der Waals surface area contributed by atoms with Gasteiger partial charge in [0.1, 0.15) is 12.1 Å². The molecule has 0 radical (unpaired) electrons. The molecule has 2 atom stereocenters. The summed E-state index contributed by atoms with van der Waals surface area (Å²) in [5.74, 6) is -1.44. The van der Waals surface area contributed by atoms with E-state index in [1.165, 1.54) is 0 Å². The molecule has 0 aliphatic rings. The predicted molar refractivity (Wildman–Crippen MR) is 94.2 cm³/mol. The molecule has 0 saturated heterocycles. The Morgan fingerprint density at radius 3 is 2.38 bits per heavy atom. The maximum atomic E-state index is 12.0. The SMILES string of the molecule is CCCC[C@H](N)C(=O)OC(=O)[C@@H](N)Cc1ccc2ccccc2c1. The van der Waals surface area contributed by atoms with E-state index in [0.717, 1.165) is 29.2 Å². The molecule has 0 fully saturated rings. The van der Waals surface area contributed by atoms with Crippen molar-refractivity contribution < 1.29 is 14.3 Å². The minimum atomic E-state index is -0.895. The van der Waals surface area contributed by atoms with Crippen LogP contribution in [0.15, 0.2) is 42.5 Å². The topological polar surface area (TPSA) is 95.4 Å². The van der Waals surface area contributed by atoms with Gasteiger partial charge in [0.2, 0.25) is 0 Å². The van der Waals surface area contributed by atoms with Crippen LogP contribution in [0.4, 0.5) is 0 Å². The average molecular weight is 328 g/mol. The largest absolute Gasteiger partial charge is 0.391 e. The van der Waals surface area contributed by atoms with E-state index in [9.17, 15) is 9.59 Å². The van der Waals surface area contributed by atoms with Crippen molar-refractivity contribution in [3.05, 3.63) is 48.0 Å². The van der Waals surface area contributed by atoms with Crippen molar-refractivity contribution in [2.24, 2.45) is 11.5 Å². The van der Waals surface area contributed by atoms with Crippen LogP contribution in [0.5, 0.6) is 0 Å². The Morgan fingerprint density at radius 2 is 1.67 bits per heavy atom. The molecule has 2 rings (SSSR count). The highest BCUT2D eigenvalue weighted by molar-refractivity contribution is 5.91. The van der Waals surface area contributed by atoms with Gasteiger partial charge in [-0.25, -0.2) is 9.59 Å². The predicted octanol–water partition coefficient (Wildman–Crippen LogP) is 2.30. The number of hydrogen-bond acceptors (Lipinski definition) is 5. The first-order chi connectivity index (χ1) is 11.5. The third-order valence-corrected chi connectivity index (χ3v) is 3.94. The summed E-state index contributed by atoms with van der Waals surface area (Å²) in [5, 5.41) is 2.20. The highest BCUT2D eigenvalue weighted by atomic mass is 16.6. The first kappa shape index (κ1) is 18.1. The molecular formula is C19H24N2O3. The van der Waals surface area contributed by atoms with Crippen LogP contribution >= 0.6 is 0 Å². The summed E-state index contributed by atoms with van der Waals surface area (Å²) < 4.78 is 4.80. The summed E-state index contributed by atoms with van der Waals surface area (Å²) in [6.07, 6.45) is 2.55. The summed E-state index contributed by atoms with van der Waals surface area (Å²) in [6.45, 7) is 2.00. The summed E-state index contributed by atoms with van der Waals surface area (Å²) in [7, 11) is 0. The summed E-state index contributed by atoms with van der Waals surface area (Å²) >= 11 is 0. The molecule has 0 bridgehead atoms. The lowest BCUT2D eigenvalue weighted by Gasteiger charge is -2.13. The fourth-order valence-corrected chi connectivity index (χ4v) is 2.50. The second-order valence-corrected chi connectivity index (χ2v) is 5.98. The van der Waals surface area contributed by atoms with Crippen molar-refractivity contribution in [1.82, 2.24) is 0 Å². The van der Waals surface area contributed by atoms with Crippen LogP contribution in [0, 0.1) is 0 Å². The van der Waals surface area contributed by atoms with E-state index >= 15 is 0 Å². The Hall–Kier alpha value is -2.24. The van der Waals surface area contributed by atoms with Crippen LogP contribution in [-0.4, -0.2) is 24.0 Å². The third kappa shape index (κ3) is 4.88. The summed E-state index contributed by atoms with van der Waals surface area (Å²) in [4.78, 5) is 23.7. The fourth-order valence-electron chi connectivity index (χ4n) is 2.50. The monoisotopic (exact) mass is 328 g/mol. The molecule has 4 N–H and O–H groups in total. The number of carbonyl (C=O) groups excluding carboxylic acids is 2. The maximum absolute atomic E-state index is 12.0. The van der Waals surface area contributed by atoms with Crippen molar-refractivity contribution in [2.45, 2.75) is 44.7 Å². The second kappa shape index (κ2) is 8.57. The molecule has 5 nitrogen and oxygen atoms in total.